The van der Waals surface area contributed by atoms with Gasteiger partial charge in [-0.05, 0) is 12.2 Å². The molecule has 4 N–H and O–H groups in total. The van der Waals surface area contributed by atoms with Gasteiger partial charge >= 0.3 is 0 Å². The third-order valence-electron chi connectivity index (χ3n) is 1.31. The lowest BCUT2D eigenvalue weighted by Gasteiger charge is -2.07. The maximum Gasteiger partial charge on any atom is 0.210 e. The van der Waals surface area contributed by atoms with E-state index in [2.05, 4.69) is 6.58 Å². The Balaban J connectivity index is 3.11. The van der Waals surface area contributed by atoms with Gasteiger partial charge in [0.25, 0.3) is 0 Å². The third kappa shape index (κ3) is 0.815. The van der Waals surface area contributed by atoms with E-state index in [9.17, 15) is 4.79 Å². The molecule has 0 spiro atoms. The molecule has 0 saturated heterocycles. The molecule has 0 fully saturated rings. The number of ketones is 1. The fraction of sp³-hybridized carbons (Fsp3) is 0. The molecule has 3 nitrogen and oxygen atoms in total. The summed E-state index contributed by atoms with van der Waals surface area (Å²) in [5.41, 5.74) is 11.4. The molecule has 1 aliphatic rings. The first kappa shape index (κ1) is 6.61. The second-order valence-electron chi connectivity index (χ2n) is 2.06. The Hall–Kier alpha value is -1.51. The Bertz CT molecular complexity index is 261. The van der Waals surface area contributed by atoms with Gasteiger partial charge in [0.2, 0.25) is 5.78 Å². The minimum Gasteiger partial charge on any atom is -0.397 e. The van der Waals surface area contributed by atoms with Crippen LogP contribution >= 0.6 is 0 Å². The highest BCUT2D eigenvalue weighted by atomic mass is 16.1. The zero-order chi connectivity index (χ0) is 7.72. The molecule has 0 radical (unpaired) electrons. The van der Waals surface area contributed by atoms with Crippen molar-refractivity contribution in [2.75, 3.05) is 0 Å². The van der Waals surface area contributed by atoms with Crippen LogP contribution in [-0.4, -0.2) is 5.78 Å². The summed E-state index contributed by atoms with van der Waals surface area (Å²) in [6.07, 6.45) is 3.12. The Kier molecular flexibility index (Phi) is 1.34. The summed E-state index contributed by atoms with van der Waals surface area (Å²) in [5, 5.41) is 0. The first-order chi connectivity index (χ1) is 4.63. The summed E-state index contributed by atoms with van der Waals surface area (Å²) in [6, 6.07) is 0. The Labute approximate surface area is 58.7 Å². The van der Waals surface area contributed by atoms with Gasteiger partial charge in [-0.15, -0.1) is 0 Å². The van der Waals surface area contributed by atoms with Crippen LogP contribution in [0, 0.1) is 0 Å². The van der Waals surface area contributed by atoms with Gasteiger partial charge in [-0.3, -0.25) is 4.79 Å². The second kappa shape index (κ2) is 2.02. The van der Waals surface area contributed by atoms with Gasteiger partial charge in [0.05, 0.1) is 5.70 Å². The fourth-order valence-corrected chi connectivity index (χ4v) is 0.660. The van der Waals surface area contributed by atoms with Gasteiger partial charge in [-0.1, -0.05) is 6.58 Å². The second-order valence-corrected chi connectivity index (χ2v) is 2.06. The van der Waals surface area contributed by atoms with Crippen LogP contribution in [0.15, 0.2) is 35.7 Å². The molecule has 1 aliphatic carbocycles. The van der Waals surface area contributed by atoms with Crippen molar-refractivity contribution in [3.8, 4) is 0 Å². The highest BCUT2D eigenvalue weighted by Gasteiger charge is 2.13. The van der Waals surface area contributed by atoms with Crippen LogP contribution < -0.4 is 11.5 Å². The van der Waals surface area contributed by atoms with Crippen molar-refractivity contribution in [3.63, 3.8) is 0 Å². The minimum absolute atomic E-state index is 0.0903. The van der Waals surface area contributed by atoms with Gasteiger partial charge in [0.1, 0.15) is 5.70 Å². The SMILES string of the molecule is C=C1C=CC(N)=C(N)C1=O. The van der Waals surface area contributed by atoms with E-state index in [0.29, 0.717) is 11.3 Å². The van der Waals surface area contributed by atoms with Crippen molar-refractivity contribution in [2.45, 2.75) is 0 Å². The lowest BCUT2D eigenvalue weighted by atomic mass is 10.0. The van der Waals surface area contributed by atoms with E-state index in [4.69, 9.17) is 11.5 Å². The normalized spacial score (nSPS) is 18.4. The molecule has 0 unspecified atom stereocenters. The Morgan fingerprint density at radius 3 is 2.40 bits per heavy atom. The molecule has 0 aromatic rings. The minimum atomic E-state index is -0.278. The van der Waals surface area contributed by atoms with Crippen LogP contribution in [0.4, 0.5) is 0 Å². The molecule has 0 aliphatic heterocycles. The van der Waals surface area contributed by atoms with Crippen LogP contribution in [-0.2, 0) is 4.79 Å². The van der Waals surface area contributed by atoms with Crippen LogP contribution in [0.2, 0.25) is 0 Å². The quantitative estimate of drug-likeness (QED) is 0.453. The first-order valence-electron chi connectivity index (χ1n) is 2.80. The van der Waals surface area contributed by atoms with E-state index >= 15 is 0 Å². The molecule has 52 valence electrons. The monoisotopic (exact) mass is 136 g/mol. The van der Waals surface area contributed by atoms with Gasteiger partial charge in [-0.2, -0.15) is 0 Å². The highest BCUT2D eigenvalue weighted by molar-refractivity contribution is 6.10. The number of hydrogen-bond donors (Lipinski definition) is 2. The van der Waals surface area contributed by atoms with E-state index in [1.54, 1.807) is 12.2 Å². The summed E-state index contributed by atoms with van der Waals surface area (Å²) in [4.78, 5) is 10.9. The lowest BCUT2D eigenvalue weighted by molar-refractivity contribution is -0.112. The predicted octanol–water partition coefficient (Wildman–Crippen LogP) is -0.190. The summed E-state index contributed by atoms with van der Waals surface area (Å²) >= 11 is 0. The largest absolute Gasteiger partial charge is 0.397 e. The molecule has 3 heteroatoms. The zero-order valence-corrected chi connectivity index (χ0v) is 5.42. The lowest BCUT2D eigenvalue weighted by Crippen LogP contribution is -2.20. The van der Waals surface area contributed by atoms with Crippen LogP contribution in [0.25, 0.3) is 0 Å². The number of carbonyl (C=O) groups is 1. The highest BCUT2D eigenvalue weighted by Crippen LogP contribution is 2.10. The zero-order valence-electron chi connectivity index (χ0n) is 5.42. The molecule has 0 saturated carbocycles. The summed E-state index contributed by atoms with van der Waals surface area (Å²) < 4.78 is 0. The van der Waals surface area contributed by atoms with E-state index in [-0.39, 0.29) is 11.5 Å². The first-order valence-corrected chi connectivity index (χ1v) is 2.80. The van der Waals surface area contributed by atoms with Crippen molar-refractivity contribution in [3.05, 3.63) is 35.7 Å². The molecule has 0 bridgehead atoms. The number of nitrogens with two attached hydrogens (primary N) is 2. The van der Waals surface area contributed by atoms with Crippen molar-refractivity contribution < 1.29 is 4.79 Å². The van der Waals surface area contributed by atoms with Crippen LogP contribution in [0.1, 0.15) is 0 Å². The van der Waals surface area contributed by atoms with Gasteiger partial charge in [0.15, 0.2) is 0 Å². The predicted molar refractivity (Wildman–Crippen MR) is 38.7 cm³/mol. The summed E-state index contributed by atoms with van der Waals surface area (Å²) in [6.45, 7) is 3.47. The van der Waals surface area contributed by atoms with Crippen molar-refractivity contribution >= 4 is 5.78 Å². The maximum absolute atomic E-state index is 10.9. The smallest absolute Gasteiger partial charge is 0.210 e. The number of Topliss-reactive ketones (excluding diaryl/α,β-unsaturated/α-hetero) is 1. The molecule has 0 heterocycles. The van der Waals surface area contributed by atoms with E-state index < -0.39 is 0 Å². The number of rotatable bonds is 0. The topological polar surface area (TPSA) is 69.1 Å². The third-order valence-corrected chi connectivity index (χ3v) is 1.31. The summed E-state index contributed by atoms with van der Waals surface area (Å²) in [7, 11) is 0. The van der Waals surface area contributed by atoms with Crippen molar-refractivity contribution in [1.82, 2.24) is 0 Å². The fourth-order valence-electron chi connectivity index (χ4n) is 0.660. The molecular formula is C7H8N2O. The van der Waals surface area contributed by atoms with E-state index in [1.165, 1.54) is 0 Å². The number of allylic oxidation sites excluding steroid dienone is 3. The molecule has 0 atom stereocenters. The molecule has 0 amide bonds. The van der Waals surface area contributed by atoms with Gasteiger partial charge < -0.3 is 11.5 Å². The maximum atomic E-state index is 10.9. The van der Waals surface area contributed by atoms with Crippen LogP contribution in [0.3, 0.4) is 0 Å². The molecule has 1 rings (SSSR count). The van der Waals surface area contributed by atoms with Crippen molar-refractivity contribution in [1.29, 1.82) is 0 Å². The standard InChI is InChI=1S/C7H8N2O/c1-4-2-3-5(8)6(9)7(4)10/h2-3H,1,8-9H2. The van der Waals surface area contributed by atoms with E-state index in [0.717, 1.165) is 0 Å². The Morgan fingerprint density at radius 1 is 1.30 bits per heavy atom. The molecule has 10 heavy (non-hydrogen) atoms. The summed E-state index contributed by atoms with van der Waals surface area (Å²) in [5.74, 6) is -0.278. The molecule has 0 aromatic carbocycles. The van der Waals surface area contributed by atoms with E-state index in [1.807, 2.05) is 0 Å². The van der Waals surface area contributed by atoms with Crippen molar-refractivity contribution in [2.24, 2.45) is 11.5 Å². The Morgan fingerprint density at radius 2 is 1.90 bits per heavy atom. The molecule has 0 aromatic heterocycles. The van der Waals surface area contributed by atoms with Crippen LogP contribution in [0.5, 0.6) is 0 Å². The number of hydrogen-bond acceptors (Lipinski definition) is 3. The molecular weight excluding hydrogens is 128 g/mol. The average Bonchev–Trinajstić information content (AvgIpc) is 1.93. The van der Waals surface area contributed by atoms with Gasteiger partial charge in [-0.25, -0.2) is 0 Å². The number of carbonyl (C=O) groups excluding carboxylic acids is 1. The average molecular weight is 136 g/mol. The van der Waals surface area contributed by atoms with Gasteiger partial charge in [0, 0.05) is 5.57 Å².